The molecule has 5 nitrogen and oxygen atoms in total. The molecule has 0 fully saturated rings. The molecular weight excluding hydrogens is 292 g/mol. The Kier molecular flexibility index (Phi) is 4.02. The van der Waals surface area contributed by atoms with Crippen LogP contribution >= 0.6 is 0 Å². The second-order valence-corrected chi connectivity index (χ2v) is 5.51. The standard InChI is InChI=1S/C18H18N2O3/c1-20-15-8-7-14(9-13(15)11-18(20)22)19-17(21)10-12-5-3-4-6-16(12)23-2/h3-9H,10-11H2,1-2H3,(H,19,21). The molecule has 0 aliphatic carbocycles. The topological polar surface area (TPSA) is 58.6 Å². The van der Waals surface area contributed by atoms with Gasteiger partial charge in [0.05, 0.1) is 20.0 Å². The fourth-order valence-electron chi connectivity index (χ4n) is 2.78. The van der Waals surface area contributed by atoms with Crippen LogP contribution in [-0.2, 0) is 22.4 Å². The number of amides is 2. The molecule has 2 aromatic rings. The summed E-state index contributed by atoms with van der Waals surface area (Å²) >= 11 is 0. The average molecular weight is 310 g/mol. The van der Waals surface area contributed by atoms with Crippen LogP contribution in [0.2, 0.25) is 0 Å². The van der Waals surface area contributed by atoms with Gasteiger partial charge in [-0.25, -0.2) is 0 Å². The molecule has 0 aromatic heterocycles. The molecule has 1 aliphatic heterocycles. The van der Waals surface area contributed by atoms with E-state index >= 15 is 0 Å². The number of para-hydroxylation sites is 1. The number of nitrogens with zero attached hydrogens (tertiary/aromatic N) is 1. The normalized spacial score (nSPS) is 13.0. The molecule has 1 N–H and O–H groups in total. The molecular formula is C18H18N2O3. The Labute approximate surface area is 134 Å². The molecule has 0 unspecified atom stereocenters. The average Bonchev–Trinajstić information content (AvgIpc) is 2.82. The number of likely N-dealkylation sites (N-methyl/N-ethyl adjacent to an activating group) is 1. The molecule has 2 aromatic carbocycles. The maximum absolute atomic E-state index is 12.2. The van der Waals surface area contributed by atoms with Gasteiger partial charge >= 0.3 is 0 Å². The predicted molar refractivity (Wildman–Crippen MR) is 88.9 cm³/mol. The first-order chi connectivity index (χ1) is 11.1. The number of benzene rings is 2. The summed E-state index contributed by atoms with van der Waals surface area (Å²) in [4.78, 5) is 25.6. The SMILES string of the molecule is COc1ccccc1CC(=O)Nc1ccc2c(c1)CC(=O)N2C. The van der Waals surface area contributed by atoms with E-state index in [1.165, 1.54) is 0 Å². The van der Waals surface area contributed by atoms with Crippen molar-refractivity contribution >= 4 is 23.2 Å². The lowest BCUT2D eigenvalue weighted by molar-refractivity contribution is -0.117. The zero-order valence-electron chi connectivity index (χ0n) is 13.1. The first kappa shape index (κ1) is 15.1. The number of carbonyl (C=O) groups is 2. The third-order valence-electron chi connectivity index (χ3n) is 3.98. The summed E-state index contributed by atoms with van der Waals surface area (Å²) in [7, 11) is 3.35. The van der Waals surface area contributed by atoms with Gasteiger partial charge in [0.1, 0.15) is 5.75 Å². The van der Waals surface area contributed by atoms with Gasteiger partial charge in [0.25, 0.3) is 0 Å². The van der Waals surface area contributed by atoms with Crippen LogP contribution in [0.15, 0.2) is 42.5 Å². The Morgan fingerprint density at radius 2 is 2.04 bits per heavy atom. The van der Waals surface area contributed by atoms with E-state index < -0.39 is 0 Å². The Morgan fingerprint density at radius 1 is 1.26 bits per heavy atom. The third kappa shape index (κ3) is 3.04. The van der Waals surface area contributed by atoms with Crippen LogP contribution in [0.25, 0.3) is 0 Å². The van der Waals surface area contributed by atoms with Gasteiger partial charge in [-0.1, -0.05) is 18.2 Å². The number of anilines is 2. The van der Waals surface area contributed by atoms with Gasteiger partial charge in [0.2, 0.25) is 11.8 Å². The van der Waals surface area contributed by atoms with E-state index in [4.69, 9.17) is 4.74 Å². The third-order valence-corrected chi connectivity index (χ3v) is 3.98. The van der Waals surface area contributed by atoms with E-state index in [-0.39, 0.29) is 18.2 Å². The predicted octanol–water partition coefficient (Wildman–Crippen LogP) is 2.40. The summed E-state index contributed by atoms with van der Waals surface area (Å²) in [6.45, 7) is 0. The molecule has 0 bridgehead atoms. The first-order valence-corrected chi connectivity index (χ1v) is 7.39. The van der Waals surface area contributed by atoms with Crippen LogP contribution < -0.4 is 15.0 Å². The van der Waals surface area contributed by atoms with Gasteiger partial charge < -0.3 is 15.0 Å². The number of nitrogens with one attached hydrogen (secondary N) is 1. The summed E-state index contributed by atoms with van der Waals surface area (Å²) < 4.78 is 5.26. The minimum absolute atomic E-state index is 0.0671. The van der Waals surface area contributed by atoms with Crippen molar-refractivity contribution in [2.75, 3.05) is 24.4 Å². The van der Waals surface area contributed by atoms with Crippen molar-refractivity contribution in [2.45, 2.75) is 12.8 Å². The van der Waals surface area contributed by atoms with Crippen LogP contribution in [0.3, 0.4) is 0 Å². The number of methoxy groups -OCH3 is 1. The zero-order chi connectivity index (χ0) is 16.4. The Morgan fingerprint density at radius 3 is 2.83 bits per heavy atom. The van der Waals surface area contributed by atoms with E-state index in [1.54, 1.807) is 19.1 Å². The van der Waals surface area contributed by atoms with Gasteiger partial charge in [-0.05, 0) is 29.8 Å². The Bertz CT molecular complexity index is 771. The van der Waals surface area contributed by atoms with Crippen LogP contribution in [0, 0.1) is 0 Å². The van der Waals surface area contributed by atoms with E-state index in [1.807, 2.05) is 42.5 Å². The van der Waals surface area contributed by atoms with E-state index in [0.717, 1.165) is 16.8 Å². The highest BCUT2D eigenvalue weighted by Gasteiger charge is 2.24. The molecule has 1 heterocycles. The quantitative estimate of drug-likeness (QED) is 0.943. The lowest BCUT2D eigenvalue weighted by Crippen LogP contribution is -2.20. The monoisotopic (exact) mass is 310 g/mol. The summed E-state index contributed by atoms with van der Waals surface area (Å²) in [6.07, 6.45) is 0.613. The molecule has 0 spiro atoms. The molecule has 2 amide bonds. The number of hydrogen-bond acceptors (Lipinski definition) is 3. The van der Waals surface area contributed by atoms with Crippen LogP contribution in [-0.4, -0.2) is 26.0 Å². The van der Waals surface area contributed by atoms with Crippen molar-refractivity contribution in [3.05, 3.63) is 53.6 Å². The molecule has 3 rings (SSSR count). The highest BCUT2D eigenvalue weighted by molar-refractivity contribution is 6.02. The Hall–Kier alpha value is -2.82. The largest absolute Gasteiger partial charge is 0.496 e. The van der Waals surface area contributed by atoms with Crippen LogP contribution in [0.4, 0.5) is 11.4 Å². The fourth-order valence-corrected chi connectivity index (χ4v) is 2.78. The lowest BCUT2D eigenvalue weighted by Gasteiger charge is -2.12. The summed E-state index contributed by atoms with van der Waals surface area (Å²) in [5, 5.41) is 2.88. The van der Waals surface area contributed by atoms with Crippen LogP contribution in [0.1, 0.15) is 11.1 Å². The van der Waals surface area contributed by atoms with E-state index in [0.29, 0.717) is 17.9 Å². The van der Waals surface area contributed by atoms with Crippen molar-refractivity contribution in [2.24, 2.45) is 0 Å². The maximum Gasteiger partial charge on any atom is 0.231 e. The van der Waals surface area contributed by atoms with Crippen molar-refractivity contribution in [1.29, 1.82) is 0 Å². The minimum atomic E-state index is -0.118. The smallest absolute Gasteiger partial charge is 0.231 e. The van der Waals surface area contributed by atoms with Gasteiger partial charge in [0.15, 0.2) is 0 Å². The number of carbonyl (C=O) groups excluding carboxylic acids is 2. The van der Waals surface area contributed by atoms with Crippen molar-refractivity contribution in [3.63, 3.8) is 0 Å². The molecule has 23 heavy (non-hydrogen) atoms. The second-order valence-electron chi connectivity index (χ2n) is 5.51. The van der Waals surface area contributed by atoms with Crippen LogP contribution in [0.5, 0.6) is 5.75 Å². The number of ether oxygens (including phenoxy) is 1. The van der Waals surface area contributed by atoms with Gasteiger partial charge in [-0.3, -0.25) is 9.59 Å². The molecule has 5 heteroatoms. The summed E-state index contributed by atoms with van der Waals surface area (Å²) in [5.74, 6) is 0.647. The lowest BCUT2D eigenvalue weighted by atomic mass is 10.1. The van der Waals surface area contributed by atoms with E-state index in [2.05, 4.69) is 5.32 Å². The summed E-state index contributed by atoms with van der Waals surface area (Å²) in [5.41, 5.74) is 3.38. The van der Waals surface area contributed by atoms with Crippen molar-refractivity contribution in [1.82, 2.24) is 0 Å². The van der Waals surface area contributed by atoms with Gasteiger partial charge in [-0.2, -0.15) is 0 Å². The summed E-state index contributed by atoms with van der Waals surface area (Å²) in [6, 6.07) is 13.0. The number of hydrogen-bond donors (Lipinski definition) is 1. The highest BCUT2D eigenvalue weighted by atomic mass is 16.5. The molecule has 0 radical (unpaired) electrons. The minimum Gasteiger partial charge on any atom is -0.496 e. The van der Waals surface area contributed by atoms with Crippen molar-refractivity contribution in [3.8, 4) is 5.75 Å². The van der Waals surface area contributed by atoms with Gasteiger partial charge in [0, 0.05) is 24.0 Å². The molecule has 0 saturated heterocycles. The highest BCUT2D eigenvalue weighted by Crippen LogP contribution is 2.30. The molecule has 118 valence electrons. The number of fused-ring (bicyclic) bond motifs is 1. The first-order valence-electron chi connectivity index (χ1n) is 7.39. The van der Waals surface area contributed by atoms with E-state index in [9.17, 15) is 9.59 Å². The zero-order valence-corrected chi connectivity index (χ0v) is 13.1. The van der Waals surface area contributed by atoms with Gasteiger partial charge in [-0.15, -0.1) is 0 Å². The Balaban J connectivity index is 1.72. The molecule has 0 atom stereocenters. The fraction of sp³-hybridized carbons (Fsp3) is 0.222. The van der Waals surface area contributed by atoms with Crippen molar-refractivity contribution < 1.29 is 14.3 Å². The molecule has 0 saturated carbocycles. The molecule has 1 aliphatic rings. The number of rotatable bonds is 4. The second kappa shape index (κ2) is 6.12. The maximum atomic E-state index is 12.2.